The smallest absolute Gasteiger partial charge is 0.328 e. The third-order valence-electron chi connectivity index (χ3n) is 2.35. The maximum absolute atomic E-state index is 11.8. The molecule has 104 valence electrons. The van der Waals surface area contributed by atoms with E-state index in [4.69, 9.17) is 5.11 Å². The Morgan fingerprint density at radius 2 is 1.50 bits per heavy atom. The van der Waals surface area contributed by atoms with E-state index in [1.54, 1.807) is 13.8 Å². The molecule has 0 aliphatic heterocycles. The minimum atomic E-state index is -1.40. The lowest BCUT2D eigenvalue weighted by molar-refractivity contribution is -0.145. The fourth-order valence-electron chi connectivity index (χ4n) is 1.39. The highest BCUT2D eigenvalue weighted by molar-refractivity contribution is 5.90. The molecule has 0 aromatic heterocycles. The summed E-state index contributed by atoms with van der Waals surface area (Å²) in [6, 6.07) is -2.23. The zero-order valence-electron chi connectivity index (χ0n) is 10.9. The Kier molecular flexibility index (Phi) is 6.32. The summed E-state index contributed by atoms with van der Waals surface area (Å²) < 4.78 is 0. The quantitative estimate of drug-likeness (QED) is 0.494. The largest absolute Gasteiger partial charge is 0.480 e. The van der Waals surface area contributed by atoms with Crippen molar-refractivity contribution in [1.82, 2.24) is 10.6 Å². The molecule has 7 nitrogen and oxygen atoms in total. The average Bonchev–Trinajstić information content (AvgIpc) is 2.20. The van der Waals surface area contributed by atoms with Crippen LogP contribution in [0.5, 0.6) is 0 Å². The summed E-state index contributed by atoms with van der Waals surface area (Å²) in [5.41, 5.74) is 0. The number of carboxylic acid groups (broad SMARTS) is 1. The van der Waals surface area contributed by atoms with Gasteiger partial charge in [0.15, 0.2) is 6.04 Å². The number of nitrogens with one attached hydrogen (secondary N) is 2. The number of hydrogen-bond donors (Lipinski definition) is 4. The van der Waals surface area contributed by atoms with Crippen molar-refractivity contribution >= 4 is 17.8 Å². The second-order valence-corrected chi connectivity index (χ2v) is 4.49. The van der Waals surface area contributed by atoms with Crippen LogP contribution in [0, 0.1) is 5.92 Å². The lowest BCUT2D eigenvalue weighted by Gasteiger charge is -2.24. The Morgan fingerprint density at radius 1 is 1.00 bits per heavy atom. The molecular formula is C11H20N2O5. The topological polar surface area (TPSA) is 116 Å². The van der Waals surface area contributed by atoms with E-state index in [1.807, 2.05) is 0 Å². The number of rotatable bonds is 6. The molecule has 0 heterocycles. The van der Waals surface area contributed by atoms with Gasteiger partial charge < -0.3 is 20.8 Å². The normalized spacial score (nSPS) is 15.7. The van der Waals surface area contributed by atoms with E-state index in [-0.39, 0.29) is 11.8 Å². The second-order valence-electron chi connectivity index (χ2n) is 4.49. The van der Waals surface area contributed by atoms with Gasteiger partial charge in [-0.25, -0.2) is 4.79 Å². The fourth-order valence-corrected chi connectivity index (χ4v) is 1.39. The van der Waals surface area contributed by atoms with Gasteiger partial charge in [0, 0.05) is 6.92 Å². The molecule has 0 rings (SSSR count). The number of aliphatic carboxylic acids is 1. The van der Waals surface area contributed by atoms with E-state index in [0.29, 0.717) is 0 Å². The molecule has 0 fully saturated rings. The minimum absolute atomic E-state index is 0.197. The van der Waals surface area contributed by atoms with Crippen LogP contribution in [0.15, 0.2) is 0 Å². The number of carboxylic acids is 1. The second kappa shape index (κ2) is 6.95. The molecule has 0 aromatic carbocycles. The molecule has 0 aromatic rings. The zero-order chi connectivity index (χ0) is 14.5. The molecule has 0 saturated heterocycles. The first kappa shape index (κ1) is 16.4. The van der Waals surface area contributed by atoms with Crippen molar-refractivity contribution < 1.29 is 24.6 Å². The van der Waals surface area contributed by atoms with Gasteiger partial charge in [-0.2, -0.15) is 0 Å². The van der Waals surface area contributed by atoms with Gasteiger partial charge >= 0.3 is 5.97 Å². The third-order valence-corrected chi connectivity index (χ3v) is 2.35. The molecule has 4 N–H and O–H groups in total. The molecular weight excluding hydrogens is 240 g/mol. The van der Waals surface area contributed by atoms with Gasteiger partial charge in [-0.3, -0.25) is 9.59 Å². The SMILES string of the molecule is CC(=O)NC(C(=O)N[C@H](C(=O)O)[C@@H](C)O)C(C)C. The average molecular weight is 260 g/mol. The van der Waals surface area contributed by atoms with E-state index in [2.05, 4.69) is 10.6 Å². The lowest BCUT2D eigenvalue weighted by atomic mass is 10.0. The predicted octanol–water partition coefficient (Wildman–Crippen LogP) is -0.903. The molecule has 1 unspecified atom stereocenters. The minimum Gasteiger partial charge on any atom is -0.480 e. The Hall–Kier alpha value is -1.63. The van der Waals surface area contributed by atoms with E-state index in [1.165, 1.54) is 13.8 Å². The fraction of sp³-hybridized carbons (Fsp3) is 0.727. The maximum Gasteiger partial charge on any atom is 0.328 e. The van der Waals surface area contributed by atoms with Crippen molar-refractivity contribution in [2.24, 2.45) is 5.92 Å². The molecule has 0 aliphatic rings. The van der Waals surface area contributed by atoms with Crippen LogP contribution in [0.4, 0.5) is 0 Å². The highest BCUT2D eigenvalue weighted by atomic mass is 16.4. The van der Waals surface area contributed by atoms with Crippen LogP contribution in [0.1, 0.15) is 27.7 Å². The van der Waals surface area contributed by atoms with Gasteiger partial charge in [-0.15, -0.1) is 0 Å². The molecule has 0 spiro atoms. The number of carbonyl (C=O) groups excluding carboxylic acids is 2. The number of aliphatic hydroxyl groups is 1. The number of amides is 2. The Morgan fingerprint density at radius 3 is 1.78 bits per heavy atom. The van der Waals surface area contributed by atoms with Crippen LogP contribution >= 0.6 is 0 Å². The van der Waals surface area contributed by atoms with Crippen molar-refractivity contribution in [2.45, 2.75) is 45.9 Å². The van der Waals surface area contributed by atoms with Crippen molar-refractivity contribution in [3.05, 3.63) is 0 Å². The Bertz CT molecular complexity index is 327. The molecule has 7 heteroatoms. The summed E-state index contributed by atoms with van der Waals surface area (Å²) in [4.78, 5) is 33.6. The van der Waals surface area contributed by atoms with Crippen LogP contribution in [-0.4, -0.2) is 46.2 Å². The van der Waals surface area contributed by atoms with Crippen LogP contribution < -0.4 is 10.6 Å². The standard InChI is InChI=1S/C11H20N2O5/c1-5(2)8(12-7(4)15)10(16)13-9(6(3)14)11(17)18/h5-6,8-9,14H,1-4H3,(H,12,15)(H,13,16)(H,17,18)/t6-,8?,9+/m1/s1. The number of carbonyl (C=O) groups is 3. The predicted molar refractivity (Wildman–Crippen MR) is 63.7 cm³/mol. The zero-order valence-corrected chi connectivity index (χ0v) is 10.9. The van der Waals surface area contributed by atoms with Gasteiger partial charge in [0.1, 0.15) is 6.04 Å². The van der Waals surface area contributed by atoms with Crippen LogP contribution in [0.2, 0.25) is 0 Å². The first-order valence-corrected chi connectivity index (χ1v) is 5.65. The van der Waals surface area contributed by atoms with Crippen molar-refractivity contribution in [1.29, 1.82) is 0 Å². The van der Waals surface area contributed by atoms with Gasteiger partial charge in [-0.1, -0.05) is 13.8 Å². The lowest BCUT2D eigenvalue weighted by Crippen LogP contribution is -2.56. The highest BCUT2D eigenvalue weighted by Crippen LogP contribution is 2.03. The van der Waals surface area contributed by atoms with Gasteiger partial charge in [0.2, 0.25) is 11.8 Å². The Labute approximate surface area is 106 Å². The first-order valence-electron chi connectivity index (χ1n) is 5.65. The Balaban J connectivity index is 4.77. The van der Waals surface area contributed by atoms with E-state index >= 15 is 0 Å². The van der Waals surface area contributed by atoms with Crippen molar-refractivity contribution in [2.75, 3.05) is 0 Å². The van der Waals surface area contributed by atoms with E-state index in [9.17, 15) is 19.5 Å². The molecule has 0 aliphatic carbocycles. The van der Waals surface area contributed by atoms with Crippen molar-refractivity contribution in [3.63, 3.8) is 0 Å². The van der Waals surface area contributed by atoms with Crippen LogP contribution in [0.25, 0.3) is 0 Å². The number of hydrogen-bond acceptors (Lipinski definition) is 4. The van der Waals surface area contributed by atoms with Gasteiger partial charge in [-0.05, 0) is 12.8 Å². The molecule has 3 atom stereocenters. The summed E-state index contributed by atoms with van der Waals surface area (Å²) in [6.45, 7) is 5.98. The third kappa shape index (κ3) is 5.13. The molecule has 0 bridgehead atoms. The van der Waals surface area contributed by atoms with Gasteiger partial charge in [0.05, 0.1) is 6.10 Å². The summed E-state index contributed by atoms with van der Waals surface area (Å²) in [5, 5.41) is 22.7. The molecule has 0 radical (unpaired) electrons. The summed E-state index contributed by atoms with van der Waals surface area (Å²) in [7, 11) is 0. The molecule has 0 saturated carbocycles. The van der Waals surface area contributed by atoms with E-state index in [0.717, 1.165) is 0 Å². The molecule has 2 amide bonds. The maximum atomic E-state index is 11.8. The van der Waals surface area contributed by atoms with Crippen LogP contribution in [-0.2, 0) is 14.4 Å². The monoisotopic (exact) mass is 260 g/mol. The highest BCUT2D eigenvalue weighted by Gasteiger charge is 2.30. The van der Waals surface area contributed by atoms with Gasteiger partial charge in [0.25, 0.3) is 0 Å². The number of aliphatic hydroxyl groups excluding tert-OH is 1. The van der Waals surface area contributed by atoms with Crippen molar-refractivity contribution in [3.8, 4) is 0 Å². The van der Waals surface area contributed by atoms with Crippen LogP contribution in [0.3, 0.4) is 0 Å². The summed E-state index contributed by atoms with van der Waals surface area (Å²) in [6.07, 6.45) is -1.23. The first-order chi connectivity index (χ1) is 8.16. The van der Waals surface area contributed by atoms with E-state index < -0.39 is 30.1 Å². The molecule has 18 heavy (non-hydrogen) atoms. The summed E-state index contributed by atoms with van der Waals surface area (Å²) in [5.74, 6) is -2.54. The summed E-state index contributed by atoms with van der Waals surface area (Å²) >= 11 is 0.